The van der Waals surface area contributed by atoms with Crippen molar-refractivity contribution >= 4 is 29.4 Å². The molecule has 0 aromatic carbocycles. The molecule has 4 nitrogen and oxygen atoms in total. The lowest BCUT2D eigenvalue weighted by Crippen LogP contribution is -2.15. The van der Waals surface area contributed by atoms with Crippen molar-refractivity contribution in [3.05, 3.63) is 39.6 Å². The third-order valence-corrected chi connectivity index (χ3v) is 2.92. The van der Waals surface area contributed by atoms with Crippen LogP contribution in [0, 0.1) is 0 Å². The van der Waals surface area contributed by atoms with Crippen LogP contribution in [0.2, 0.25) is 0 Å². The van der Waals surface area contributed by atoms with Gasteiger partial charge < -0.3 is 9.47 Å². The van der Waals surface area contributed by atoms with E-state index < -0.39 is 11.9 Å². The van der Waals surface area contributed by atoms with Gasteiger partial charge in [-0.3, -0.25) is 0 Å². The molecule has 1 heterocycles. The highest BCUT2D eigenvalue weighted by atomic mass is 32.1. The van der Waals surface area contributed by atoms with E-state index in [1.165, 1.54) is 20.3 Å². The summed E-state index contributed by atoms with van der Waals surface area (Å²) in [6.07, 6.45) is 3.33. The number of esters is 2. The summed E-state index contributed by atoms with van der Waals surface area (Å²) in [7, 11) is 2.44. The summed E-state index contributed by atoms with van der Waals surface area (Å²) in [5, 5.41) is 1.95. The van der Waals surface area contributed by atoms with E-state index in [1.54, 1.807) is 18.3 Å². The maximum atomic E-state index is 11.4. The Labute approximate surface area is 110 Å². The standard InChI is InChI=1S/C13H14O4S/c1-9(7-10-5-4-6-18-10)8-11(12(14)16-2)13(15)17-3/h4-8H,1-3H3/b9-7+. The van der Waals surface area contributed by atoms with Crippen molar-refractivity contribution in [1.29, 1.82) is 0 Å². The molecule has 0 aliphatic heterocycles. The highest BCUT2D eigenvalue weighted by Gasteiger charge is 2.19. The molecule has 0 unspecified atom stereocenters. The maximum absolute atomic E-state index is 11.4. The molecule has 0 radical (unpaired) electrons. The van der Waals surface area contributed by atoms with Gasteiger partial charge >= 0.3 is 11.9 Å². The fourth-order valence-corrected chi connectivity index (χ4v) is 2.01. The summed E-state index contributed by atoms with van der Waals surface area (Å²) in [6, 6.07) is 3.87. The molecule has 0 fully saturated rings. The van der Waals surface area contributed by atoms with Gasteiger partial charge in [0.2, 0.25) is 0 Å². The lowest BCUT2D eigenvalue weighted by molar-refractivity contribution is -0.144. The zero-order chi connectivity index (χ0) is 13.5. The van der Waals surface area contributed by atoms with Gasteiger partial charge in [0.25, 0.3) is 0 Å². The Kier molecular flexibility index (Phi) is 5.32. The zero-order valence-electron chi connectivity index (χ0n) is 10.4. The predicted molar refractivity (Wildman–Crippen MR) is 70.1 cm³/mol. The van der Waals surface area contributed by atoms with Crippen LogP contribution in [0.15, 0.2) is 34.7 Å². The smallest absolute Gasteiger partial charge is 0.345 e. The minimum absolute atomic E-state index is 0.120. The molecule has 0 spiro atoms. The molecule has 18 heavy (non-hydrogen) atoms. The van der Waals surface area contributed by atoms with Crippen molar-refractivity contribution in [1.82, 2.24) is 0 Å². The Morgan fingerprint density at radius 2 is 1.83 bits per heavy atom. The molecule has 0 atom stereocenters. The summed E-state index contributed by atoms with van der Waals surface area (Å²) in [4.78, 5) is 23.9. The fourth-order valence-electron chi connectivity index (χ4n) is 1.29. The van der Waals surface area contributed by atoms with E-state index >= 15 is 0 Å². The molecule has 0 N–H and O–H groups in total. The molecular weight excluding hydrogens is 252 g/mol. The predicted octanol–water partition coefficient (Wildman–Crippen LogP) is 2.42. The third-order valence-electron chi connectivity index (χ3n) is 2.10. The Balaban J connectivity index is 3.01. The van der Waals surface area contributed by atoms with Gasteiger partial charge in [-0.15, -0.1) is 11.3 Å². The van der Waals surface area contributed by atoms with Crippen LogP contribution < -0.4 is 0 Å². The first-order chi connectivity index (χ1) is 8.58. The molecule has 1 aromatic heterocycles. The average Bonchev–Trinajstić information content (AvgIpc) is 2.86. The highest BCUT2D eigenvalue weighted by molar-refractivity contribution is 7.10. The SMILES string of the molecule is COC(=O)C(=C/C(C)=C/c1cccs1)C(=O)OC. The molecule has 0 aliphatic rings. The van der Waals surface area contributed by atoms with Gasteiger partial charge in [-0.1, -0.05) is 6.07 Å². The molecule has 0 bridgehead atoms. The summed E-state index contributed by atoms with van der Waals surface area (Å²) in [6.45, 7) is 1.80. The zero-order valence-corrected chi connectivity index (χ0v) is 11.2. The van der Waals surface area contributed by atoms with Crippen LogP contribution >= 0.6 is 11.3 Å². The molecule has 0 amide bonds. The highest BCUT2D eigenvalue weighted by Crippen LogP contribution is 2.15. The second-order valence-electron chi connectivity index (χ2n) is 3.44. The number of carbonyl (C=O) groups excluding carboxylic acids is 2. The molecule has 0 aliphatic carbocycles. The van der Waals surface area contributed by atoms with Gasteiger partial charge in [0, 0.05) is 4.88 Å². The van der Waals surface area contributed by atoms with E-state index in [2.05, 4.69) is 9.47 Å². The molecule has 96 valence electrons. The topological polar surface area (TPSA) is 52.6 Å². The molecule has 0 saturated heterocycles. The van der Waals surface area contributed by atoms with Crippen LogP contribution in [-0.4, -0.2) is 26.2 Å². The van der Waals surface area contributed by atoms with E-state index in [4.69, 9.17) is 0 Å². The van der Waals surface area contributed by atoms with Crippen LogP contribution in [-0.2, 0) is 19.1 Å². The first-order valence-corrected chi connectivity index (χ1v) is 6.06. The van der Waals surface area contributed by atoms with Gasteiger partial charge in [0.15, 0.2) is 0 Å². The van der Waals surface area contributed by atoms with Gasteiger partial charge in [-0.25, -0.2) is 9.59 Å². The van der Waals surface area contributed by atoms with E-state index in [1.807, 2.05) is 23.6 Å². The molecular formula is C13H14O4S. The van der Waals surface area contributed by atoms with Crippen LogP contribution in [0.1, 0.15) is 11.8 Å². The van der Waals surface area contributed by atoms with Gasteiger partial charge in [-0.05, 0) is 36.1 Å². The average molecular weight is 266 g/mol. The van der Waals surface area contributed by atoms with Crippen molar-refractivity contribution in [2.75, 3.05) is 14.2 Å². The van der Waals surface area contributed by atoms with Crippen molar-refractivity contribution in [2.24, 2.45) is 0 Å². The number of hydrogen-bond donors (Lipinski definition) is 0. The van der Waals surface area contributed by atoms with Crippen LogP contribution in [0.4, 0.5) is 0 Å². The number of methoxy groups -OCH3 is 2. The number of allylic oxidation sites excluding steroid dienone is 2. The summed E-state index contributed by atoms with van der Waals surface area (Å²) in [5.41, 5.74) is 0.647. The quantitative estimate of drug-likeness (QED) is 0.276. The van der Waals surface area contributed by atoms with Crippen LogP contribution in [0.25, 0.3) is 6.08 Å². The van der Waals surface area contributed by atoms with E-state index in [9.17, 15) is 9.59 Å². The first-order valence-electron chi connectivity index (χ1n) is 5.18. The largest absolute Gasteiger partial charge is 0.465 e. The van der Waals surface area contributed by atoms with Gasteiger partial charge in [0.05, 0.1) is 14.2 Å². The van der Waals surface area contributed by atoms with Gasteiger partial charge in [-0.2, -0.15) is 0 Å². The maximum Gasteiger partial charge on any atom is 0.345 e. The fraction of sp³-hybridized carbons (Fsp3) is 0.231. The Morgan fingerprint density at radius 1 is 1.22 bits per heavy atom. The van der Waals surface area contributed by atoms with E-state index in [0.717, 1.165) is 10.5 Å². The van der Waals surface area contributed by atoms with Gasteiger partial charge in [0.1, 0.15) is 5.57 Å². The minimum Gasteiger partial charge on any atom is -0.465 e. The second-order valence-corrected chi connectivity index (χ2v) is 4.42. The Morgan fingerprint density at radius 3 is 2.28 bits per heavy atom. The lowest BCUT2D eigenvalue weighted by atomic mass is 10.1. The number of carbonyl (C=O) groups is 2. The van der Waals surface area contributed by atoms with E-state index in [-0.39, 0.29) is 5.57 Å². The first kappa shape index (κ1) is 14.2. The molecule has 0 saturated carbocycles. The summed E-state index contributed by atoms with van der Waals surface area (Å²) >= 11 is 1.57. The van der Waals surface area contributed by atoms with Crippen LogP contribution in [0.3, 0.4) is 0 Å². The second kappa shape index (κ2) is 6.76. The number of thiophene rings is 1. The Hall–Kier alpha value is -1.88. The summed E-state index contributed by atoms with van der Waals surface area (Å²) < 4.78 is 9.08. The van der Waals surface area contributed by atoms with Crippen molar-refractivity contribution in [2.45, 2.75) is 6.92 Å². The van der Waals surface area contributed by atoms with E-state index in [0.29, 0.717) is 0 Å². The number of rotatable bonds is 4. The van der Waals surface area contributed by atoms with Crippen molar-refractivity contribution in [3.8, 4) is 0 Å². The number of hydrogen-bond acceptors (Lipinski definition) is 5. The normalized spacial score (nSPS) is 10.7. The van der Waals surface area contributed by atoms with Crippen molar-refractivity contribution in [3.63, 3.8) is 0 Å². The minimum atomic E-state index is -0.708. The molecule has 1 aromatic rings. The number of ether oxygens (including phenoxy) is 2. The lowest BCUT2D eigenvalue weighted by Gasteiger charge is -2.03. The van der Waals surface area contributed by atoms with Crippen molar-refractivity contribution < 1.29 is 19.1 Å². The molecule has 5 heteroatoms. The Bertz CT molecular complexity index is 465. The third kappa shape index (κ3) is 3.85. The van der Waals surface area contributed by atoms with Crippen LogP contribution in [0.5, 0.6) is 0 Å². The monoisotopic (exact) mass is 266 g/mol. The summed E-state index contributed by atoms with van der Waals surface area (Å²) in [5.74, 6) is -1.42. The molecule has 1 rings (SSSR count).